The molecule has 27 heavy (non-hydrogen) atoms. The highest BCUT2D eigenvalue weighted by Gasteiger charge is 2.29. The summed E-state index contributed by atoms with van der Waals surface area (Å²) >= 11 is 5.80. The smallest absolute Gasteiger partial charge is 0.230 e. The third-order valence-electron chi connectivity index (χ3n) is 5.05. The van der Waals surface area contributed by atoms with E-state index in [9.17, 15) is 9.59 Å². The Kier molecular flexibility index (Phi) is 10.4. The number of hydrogen-bond acceptors (Lipinski definition) is 4. The van der Waals surface area contributed by atoms with Crippen molar-refractivity contribution in [3.05, 3.63) is 23.4 Å². The van der Waals surface area contributed by atoms with Gasteiger partial charge in [0.1, 0.15) is 5.82 Å². The molecule has 2 aliphatic heterocycles. The predicted octanol–water partition coefficient (Wildman–Crippen LogP) is 3.15. The maximum Gasteiger partial charge on any atom is 0.230 e. The van der Waals surface area contributed by atoms with Gasteiger partial charge in [0.05, 0.1) is 10.9 Å². The SMILES string of the molecule is Cl.Cl.O=C(Nc1ccc(Cl)cn1)C1CCCN(C(=O)CCC2CCNC2)C1. The number of nitrogens with zero attached hydrogens (tertiary/aromatic N) is 2. The van der Waals surface area contributed by atoms with Crippen molar-refractivity contribution in [2.75, 3.05) is 31.5 Å². The van der Waals surface area contributed by atoms with Crippen LogP contribution in [-0.4, -0.2) is 47.9 Å². The minimum absolute atomic E-state index is 0. The molecule has 2 amide bonds. The molecule has 1 aromatic heterocycles. The topological polar surface area (TPSA) is 74.3 Å². The summed E-state index contributed by atoms with van der Waals surface area (Å²) in [6.07, 6.45) is 5.85. The largest absolute Gasteiger partial charge is 0.342 e. The number of anilines is 1. The fourth-order valence-electron chi connectivity index (χ4n) is 3.54. The van der Waals surface area contributed by atoms with Crippen molar-refractivity contribution in [1.82, 2.24) is 15.2 Å². The summed E-state index contributed by atoms with van der Waals surface area (Å²) in [6, 6.07) is 3.38. The lowest BCUT2D eigenvalue weighted by molar-refractivity contribution is -0.134. The maximum atomic E-state index is 12.5. The number of halogens is 3. The van der Waals surface area contributed by atoms with Gasteiger partial charge in [0.2, 0.25) is 11.8 Å². The van der Waals surface area contributed by atoms with E-state index < -0.39 is 0 Å². The second-order valence-electron chi connectivity index (χ2n) is 6.93. The minimum Gasteiger partial charge on any atom is -0.342 e. The minimum atomic E-state index is -0.177. The van der Waals surface area contributed by atoms with Crippen LogP contribution in [-0.2, 0) is 9.59 Å². The third-order valence-corrected chi connectivity index (χ3v) is 5.28. The van der Waals surface area contributed by atoms with Gasteiger partial charge in [-0.25, -0.2) is 4.98 Å². The molecule has 1 aromatic rings. The fourth-order valence-corrected chi connectivity index (χ4v) is 3.65. The lowest BCUT2D eigenvalue weighted by atomic mass is 9.96. The Balaban J connectivity index is 0.00000182. The standard InChI is InChI=1S/C18H25ClN4O2.2ClH/c19-15-4-5-16(21-11-15)22-18(25)14-2-1-9-23(12-14)17(24)6-3-13-7-8-20-10-13;;/h4-5,11,13-14,20H,1-3,6-10,12H2,(H,21,22,25);2*1H. The normalized spacial score (nSPS) is 21.7. The summed E-state index contributed by atoms with van der Waals surface area (Å²) < 4.78 is 0. The number of nitrogens with one attached hydrogen (secondary N) is 2. The van der Waals surface area contributed by atoms with Crippen LogP contribution in [0.5, 0.6) is 0 Å². The summed E-state index contributed by atoms with van der Waals surface area (Å²) in [6.45, 7) is 3.34. The summed E-state index contributed by atoms with van der Waals surface area (Å²) in [5, 5.41) is 6.68. The molecular formula is C18H27Cl3N4O2. The van der Waals surface area contributed by atoms with Crippen molar-refractivity contribution in [1.29, 1.82) is 0 Å². The molecule has 0 aliphatic carbocycles. The Morgan fingerprint density at radius 2 is 2.11 bits per heavy atom. The highest BCUT2D eigenvalue weighted by atomic mass is 35.5. The second-order valence-corrected chi connectivity index (χ2v) is 7.36. The van der Waals surface area contributed by atoms with E-state index in [4.69, 9.17) is 11.6 Å². The van der Waals surface area contributed by atoms with Gasteiger partial charge >= 0.3 is 0 Å². The van der Waals surface area contributed by atoms with Crippen LogP contribution in [0.4, 0.5) is 5.82 Å². The van der Waals surface area contributed by atoms with Crippen LogP contribution in [0.3, 0.4) is 0 Å². The van der Waals surface area contributed by atoms with Gasteiger partial charge in [-0.3, -0.25) is 9.59 Å². The molecule has 2 atom stereocenters. The third kappa shape index (κ3) is 7.11. The fraction of sp³-hybridized carbons (Fsp3) is 0.611. The molecule has 2 saturated heterocycles. The molecule has 0 bridgehead atoms. The monoisotopic (exact) mass is 436 g/mol. The first kappa shape index (κ1) is 24.0. The number of carbonyl (C=O) groups excluding carboxylic acids is 2. The second kappa shape index (κ2) is 11.7. The van der Waals surface area contributed by atoms with Gasteiger partial charge in [0, 0.05) is 25.7 Å². The van der Waals surface area contributed by atoms with Crippen LogP contribution in [0.2, 0.25) is 5.02 Å². The number of likely N-dealkylation sites (tertiary alicyclic amines) is 1. The Bertz CT molecular complexity index is 609. The molecule has 0 radical (unpaired) electrons. The van der Waals surface area contributed by atoms with Gasteiger partial charge in [0.15, 0.2) is 0 Å². The summed E-state index contributed by atoms with van der Waals surface area (Å²) in [7, 11) is 0. The lowest BCUT2D eigenvalue weighted by Crippen LogP contribution is -2.43. The average Bonchev–Trinajstić information content (AvgIpc) is 3.15. The highest BCUT2D eigenvalue weighted by Crippen LogP contribution is 2.21. The van der Waals surface area contributed by atoms with Crippen LogP contribution < -0.4 is 10.6 Å². The number of aromatic nitrogens is 1. The zero-order chi connectivity index (χ0) is 17.6. The van der Waals surface area contributed by atoms with E-state index in [-0.39, 0.29) is 42.5 Å². The van der Waals surface area contributed by atoms with Gasteiger partial charge in [-0.2, -0.15) is 0 Å². The van der Waals surface area contributed by atoms with Gasteiger partial charge in [-0.15, -0.1) is 24.8 Å². The Morgan fingerprint density at radius 1 is 1.30 bits per heavy atom. The summed E-state index contributed by atoms with van der Waals surface area (Å²) in [5.74, 6) is 1.03. The molecule has 0 aromatic carbocycles. The van der Waals surface area contributed by atoms with Crippen LogP contribution >= 0.6 is 36.4 Å². The zero-order valence-corrected chi connectivity index (χ0v) is 17.5. The lowest BCUT2D eigenvalue weighted by Gasteiger charge is -2.32. The number of amides is 2. The Morgan fingerprint density at radius 3 is 2.78 bits per heavy atom. The van der Waals surface area contributed by atoms with E-state index in [0.29, 0.717) is 29.7 Å². The Hall–Kier alpha value is -1.08. The molecule has 152 valence electrons. The van der Waals surface area contributed by atoms with E-state index in [1.54, 1.807) is 12.1 Å². The number of piperidine rings is 1. The molecule has 2 N–H and O–H groups in total. The first-order valence-corrected chi connectivity index (χ1v) is 9.40. The Labute approximate surface area is 177 Å². The van der Waals surface area contributed by atoms with Gasteiger partial charge in [0.25, 0.3) is 0 Å². The van der Waals surface area contributed by atoms with E-state index >= 15 is 0 Å². The number of pyridine rings is 1. The summed E-state index contributed by atoms with van der Waals surface area (Å²) in [4.78, 5) is 30.9. The number of rotatable bonds is 5. The van der Waals surface area contributed by atoms with Crippen molar-refractivity contribution >= 4 is 54.0 Å². The number of hydrogen-bond donors (Lipinski definition) is 2. The van der Waals surface area contributed by atoms with Crippen molar-refractivity contribution < 1.29 is 9.59 Å². The average molecular weight is 438 g/mol. The van der Waals surface area contributed by atoms with Gasteiger partial charge < -0.3 is 15.5 Å². The van der Waals surface area contributed by atoms with Crippen molar-refractivity contribution in [3.8, 4) is 0 Å². The van der Waals surface area contributed by atoms with Crippen molar-refractivity contribution in [2.45, 2.75) is 32.1 Å². The van der Waals surface area contributed by atoms with E-state index in [1.807, 2.05) is 4.90 Å². The number of carbonyl (C=O) groups is 2. The molecule has 2 fully saturated rings. The van der Waals surface area contributed by atoms with Crippen LogP contribution in [0, 0.1) is 11.8 Å². The molecular weight excluding hydrogens is 411 g/mol. The molecule has 2 unspecified atom stereocenters. The van der Waals surface area contributed by atoms with E-state index in [1.165, 1.54) is 6.20 Å². The van der Waals surface area contributed by atoms with Crippen LogP contribution in [0.1, 0.15) is 32.1 Å². The summed E-state index contributed by atoms with van der Waals surface area (Å²) in [5.41, 5.74) is 0. The zero-order valence-electron chi connectivity index (χ0n) is 15.2. The quantitative estimate of drug-likeness (QED) is 0.742. The van der Waals surface area contributed by atoms with Gasteiger partial charge in [-0.1, -0.05) is 11.6 Å². The van der Waals surface area contributed by atoms with Gasteiger partial charge in [-0.05, 0) is 56.8 Å². The molecule has 3 heterocycles. The molecule has 2 aliphatic rings. The predicted molar refractivity (Wildman–Crippen MR) is 112 cm³/mol. The van der Waals surface area contributed by atoms with Crippen molar-refractivity contribution in [2.24, 2.45) is 11.8 Å². The molecule has 0 spiro atoms. The maximum absolute atomic E-state index is 12.5. The molecule has 9 heteroatoms. The van der Waals surface area contributed by atoms with Crippen LogP contribution in [0.15, 0.2) is 18.3 Å². The molecule has 0 saturated carbocycles. The first-order chi connectivity index (χ1) is 12.1. The van der Waals surface area contributed by atoms with E-state index in [2.05, 4.69) is 15.6 Å². The molecule has 6 nitrogen and oxygen atoms in total. The van der Waals surface area contributed by atoms with Crippen molar-refractivity contribution in [3.63, 3.8) is 0 Å². The molecule has 3 rings (SSSR count). The van der Waals surface area contributed by atoms with E-state index in [0.717, 1.165) is 45.3 Å². The highest BCUT2D eigenvalue weighted by molar-refractivity contribution is 6.30. The first-order valence-electron chi connectivity index (χ1n) is 9.03. The van der Waals surface area contributed by atoms with Crippen LogP contribution in [0.25, 0.3) is 0 Å².